The Morgan fingerprint density at radius 3 is 2.74 bits per heavy atom. The fourth-order valence-electron chi connectivity index (χ4n) is 1.98. The Bertz CT molecular complexity index is 814. The SMILES string of the molecule is Cc1nc2ccc(-c3ccccc3F)nn2c1C#N. The van der Waals surface area contributed by atoms with Crippen molar-refractivity contribution in [1.29, 1.82) is 5.26 Å². The molecule has 0 amide bonds. The minimum Gasteiger partial charge on any atom is -0.231 e. The van der Waals surface area contributed by atoms with E-state index in [9.17, 15) is 4.39 Å². The van der Waals surface area contributed by atoms with E-state index in [1.165, 1.54) is 10.6 Å². The predicted octanol–water partition coefficient (Wildman–Crippen LogP) is 2.72. The molecule has 0 N–H and O–H groups in total. The molecule has 2 heterocycles. The number of rotatable bonds is 1. The van der Waals surface area contributed by atoms with Gasteiger partial charge in [-0.2, -0.15) is 10.4 Å². The van der Waals surface area contributed by atoms with Crippen LogP contribution in [0.3, 0.4) is 0 Å². The summed E-state index contributed by atoms with van der Waals surface area (Å²) in [5, 5.41) is 13.4. The van der Waals surface area contributed by atoms with E-state index in [0.29, 0.717) is 28.3 Å². The third-order valence-corrected chi connectivity index (χ3v) is 2.91. The zero-order chi connectivity index (χ0) is 13.4. The van der Waals surface area contributed by atoms with Gasteiger partial charge in [0.15, 0.2) is 11.3 Å². The van der Waals surface area contributed by atoms with Crippen molar-refractivity contribution in [3.8, 4) is 17.3 Å². The van der Waals surface area contributed by atoms with Crippen LogP contribution in [0.25, 0.3) is 16.9 Å². The van der Waals surface area contributed by atoms with Gasteiger partial charge in [-0.3, -0.25) is 0 Å². The van der Waals surface area contributed by atoms with Crippen LogP contribution in [0.15, 0.2) is 36.4 Å². The number of nitriles is 1. The van der Waals surface area contributed by atoms with Gasteiger partial charge >= 0.3 is 0 Å². The van der Waals surface area contributed by atoms with E-state index in [4.69, 9.17) is 5.26 Å². The molecule has 2 aromatic heterocycles. The molecule has 0 saturated heterocycles. The standard InChI is InChI=1S/C14H9FN4/c1-9-13(8-16)19-14(17-9)7-6-12(18-19)10-4-2-3-5-11(10)15/h2-7H,1H3. The highest BCUT2D eigenvalue weighted by atomic mass is 19.1. The summed E-state index contributed by atoms with van der Waals surface area (Å²) in [7, 11) is 0. The number of aryl methyl sites for hydroxylation is 1. The van der Waals surface area contributed by atoms with Crippen LogP contribution < -0.4 is 0 Å². The van der Waals surface area contributed by atoms with Crippen molar-refractivity contribution in [3.05, 3.63) is 53.6 Å². The largest absolute Gasteiger partial charge is 0.231 e. The minimum atomic E-state index is -0.343. The van der Waals surface area contributed by atoms with E-state index in [-0.39, 0.29) is 5.82 Å². The predicted molar refractivity (Wildman–Crippen MR) is 67.8 cm³/mol. The van der Waals surface area contributed by atoms with E-state index < -0.39 is 0 Å². The number of halogens is 1. The summed E-state index contributed by atoms with van der Waals surface area (Å²) in [6.45, 7) is 1.75. The highest BCUT2D eigenvalue weighted by Gasteiger charge is 2.12. The van der Waals surface area contributed by atoms with Crippen molar-refractivity contribution in [3.63, 3.8) is 0 Å². The maximum atomic E-state index is 13.7. The quantitative estimate of drug-likeness (QED) is 0.669. The third kappa shape index (κ3) is 1.74. The molecule has 0 fully saturated rings. The molecule has 0 radical (unpaired) electrons. The zero-order valence-corrected chi connectivity index (χ0v) is 10.1. The molecule has 0 saturated carbocycles. The molecule has 0 aliphatic heterocycles. The summed E-state index contributed by atoms with van der Waals surface area (Å²) in [5.74, 6) is -0.343. The molecule has 3 aromatic rings. The van der Waals surface area contributed by atoms with Gasteiger partial charge in [-0.05, 0) is 31.2 Å². The Morgan fingerprint density at radius 2 is 2.00 bits per heavy atom. The zero-order valence-electron chi connectivity index (χ0n) is 10.1. The van der Waals surface area contributed by atoms with E-state index in [1.54, 1.807) is 37.3 Å². The van der Waals surface area contributed by atoms with Crippen LogP contribution in [-0.2, 0) is 0 Å². The van der Waals surface area contributed by atoms with Crippen LogP contribution in [0.2, 0.25) is 0 Å². The lowest BCUT2D eigenvalue weighted by Crippen LogP contribution is -1.98. The summed E-state index contributed by atoms with van der Waals surface area (Å²) in [6, 6.07) is 11.9. The lowest BCUT2D eigenvalue weighted by Gasteiger charge is -2.03. The first-order valence-corrected chi connectivity index (χ1v) is 5.72. The lowest BCUT2D eigenvalue weighted by molar-refractivity contribution is 0.630. The van der Waals surface area contributed by atoms with Crippen LogP contribution in [0.5, 0.6) is 0 Å². The summed E-state index contributed by atoms with van der Waals surface area (Å²) < 4.78 is 15.2. The second-order valence-electron chi connectivity index (χ2n) is 4.13. The molecule has 0 spiro atoms. The van der Waals surface area contributed by atoms with Crippen molar-refractivity contribution in [2.24, 2.45) is 0 Å². The van der Waals surface area contributed by atoms with Crippen molar-refractivity contribution < 1.29 is 4.39 Å². The molecule has 0 aliphatic rings. The van der Waals surface area contributed by atoms with Crippen molar-refractivity contribution in [2.75, 3.05) is 0 Å². The number of hydrogen-bond acceptors (Lipinski definition) is 3. The Morgan fingerprint density at radius 1 is 1.21 bits per heavy atom. The van der Waals surface area contributed by atoms with Crippen molar-refractivity contribution in [2.45, 2.75) is 6.92 Å². The number of imidazole rings is 1. The van der Waals surface area contributed by atoms with Gasteiger partial charge in [-0.1, -0.05) is 12.1 Å². The molecule has 3 rings (SSSR count). The van der Waals surface area contributed by atoms with Crippen LogP contribution >= 0.6 is 0 Å². The lowest BCUT2D eigenvalue weighted by atomic mass is 10.1. The molecule has 92 valence electrons. The second-order valence-corrected chi connectivity index (χ2v) is 4.13. The Hall–Kier alpha value is -2.74. The monoisotopic (exact) mass is 252 g/mol. The molecule has 0 aliphatic carbocycles. The number of aromatic nitrogens is 3. The minimum absolute atomic E-state index is 0.343. The molecular weight excluding hydrogens is 243 g/mol. The molecular formula is C14H9FN4. The summed E-state index contributed by atoms with van der Waals surface area (Å²) in [4.78, 5) is 4.23. The first-order chi connectivity index (χ1) is 9.20. The summed E-state index contributed by atoms with van der Waals surface area (Å²) in [5.41, 5.74) is 2.43. The van der Waals surface area contributed by atoms with Crippen molar-refractivity contribution >= 4 is 5.65 Å². The highest BCUT2D eigenvalue weighted by molar-refractivity contribution is 5.61. The van der Waals surface area contributed by atoms with E-state index >= 15 is 0 Å². The topological polar surface area (TPSA) is 54.0 Å². The third-order valence-electron chi connectivity index (χ3n) is 2.91. The molecule has 0 atom stereocenters. The Balaban J connectivity index is 2.28. The average Bonchev–Trinajstić information content (AvgIpc) is 2.73. The van der Waals surface area contributed by atoms with Crippen LogP contribution in [0, 0.1) is 24.1 Å². The Labute approximate surface area is 108 Å². The fourth-order valence-corrected chi connectivity index (χ4v) is 1.98. The maximum absolute atomic E-state index is 13.7. The van der Waals surface area contributed by atoms with Gasteiger partial charge in [0, 0.05) is 5.56 Å². The number of hydrogen-bond donors (Lipinski definition) is 0. The molecule has 0 bridgehead atoms. The van der Waals surface area contributed by atoms with Gasteiger partial charge in [0.25, 0.3) is 0 Å². The van der Waals surface area contributed by atoms with Crippen molar-refractivity contribution in [1.82, 2.24) is 14.6 Å². The van der Waals surface area contributed by atoms with E-state index in [1.807, 2.05) is 0 Å². The van der Waals surface area contributed by atoms with Gasteiger partial charge in [0.05, 0.1) is 11.4 Å². The number of fused-ring (bicyclic) bond motifs is 1. The van der Waals surface area contributed by atoms with E-state index in [2.05, 4.69) is 16.2 Å². The molecule has 1 aromatic carbocycles. The highest BCUT2D eigenvalue weighted by Crippen LogP contribution is 2.21. The van der Waals surface area contributed by atoms with Gasteiger partial charge in [-0.15, -0.1) is 0 Å². The number of benzene rings is 1. The first-order valence-electron chi connectivity index (χ1n) is 5.72. The molecule has 4 nitrogen and oxygen atoms in total. The smallest absolute Gasteiger partial charge is 0.165 e. The van der Waals surface area contributed by atoms with Crippen LogP contribution in [0.1, 0.15) is 11.4 Å². The average molecular weight is 252 g/mol. The second kappa shape index (κ2) is 4.18. The molecule has 5 heteroatoms. The molecule has 0 unspecified atom stereocenters. The van der Waals surface area contributed by atoms with Gasteiger partial charge in [0.2, 0.25) is 0 Å². The van der Waals surface area contributed by atoms with Gasteiger partial charge in [0.1, 0.15) is 11.9 Å². The normalized spacial score (nSPS) is 10.6. The van der Waals surface area contributed by atoms with Crippen LogP contribution in [0.4, 0.5) is 4.39 Å². The first kappa shape index (κ1) is 11.4. The van der Waals surface area contributed by atoms with Gasteiger partial charge < -0.3 is 0 Å². The van der Waals surface area contributed by atoms with Gasteiger partial charge in [-0.25, -0.2) is 13.9 Å². The summed E-state index contributed by atoms with van der Waals surface area (Å²) >= 11 is 0. The van der Waals surface area contributed by atoms with E-state index in [0.717, 1.165) is 0 Å². The Kier molecular flexibility index (Phi) is 2.50. The maximum Gasteiger partial charge on any atom is 0.165 e. The number of nitrogens with zero attached hydrogens (tertiary/aromatic N) is 4. The van der Waals surface area contributed by atoms with Crippen LogP contribution in [-0.4, -0.2) is 14.6 Å². The fraction of sp³-hybridized carbons (Fsp3) is 0.0714. The molecule has 19 heavy (non-hydrogen) atoms. The summed E-state index contributed by atoms with van der Waals surface area (Å²) in [6.07, 6.45) is 0.